The SMILES string of the molecule is CN(CCCN(C)C(=O)[C@H]1CC(F)(F)CN1C(=O)CNC(=O)c1ccnc2ccccc12)C(=O)Oc1ccc(Cl)cc1C(=O)Nc1ccc([N+](=O)[O-])cc1Cl. The monoisotopic (exact) mass is 799 g/mol. The number of non-ortho nitro benzene ring substituents is 1. The van der Waals surface area contributed by atoms with Crippen LogP contribution >= 0.6 is 23.2 Å². The van der Waals surface area contributed by atoms with Crippen molar-refractivity contribution in [2.75, 3.05) is 45.6 Å². The number of likely N-dealkylation sites (N-methyl/N-ethyl adjacent to an activating group) is 1. The molecule has 0 saturated carbocycles. The number of carbonyl (C=O) groups excluding carboxylic acids is 5. The summed E-state index contributed by atoms with van der Waals surface area (Å²) in [6.07, 6.45) is -0.169. The lowest BCUT2D eigenvalue weighted by Crippen LogP contribution is -2.49. The van der Waals surface area contributed by atoms with Crippen LogP contribution in [0.1, 0.15) is 33.6 Å². The first-order chi connectivity index (χ1) is 26.0. The molecule has 15 nitrogen and oxygen atoms in total. The second-order valence-electron chi connectivity index (χ2n) is 12.6. The minimum absolute atomic E-state index is 0.0109. The van der Waals surface area contributed by atoms with Gasteiger partial charge in [-0.3, -0.25) is 34.3 Å². The largest absolute Gasteiger partial charge is 0.414 e. The van der Waals surface area contributed by atoms with E-state index in [9.17, 15) is 42.9 Å². The Labute approximate surface area is 322 Å². The normalized spacial score (nSPS) is 14.6. The minimum atomic E-state index is -3.34. The van der Waals surface area contributed by atoms with Gasteiger partial charge in [-0.15, -0.1) is 0 Å². The van der Waals surface area contributed by atoms with Crippen LogP contribution in [0.4, 0.5) is 25.0 Å². The van der Waals surface area contributed by atoms with E-state index >= 15 is 0 Å². The third kappa shape index (κ3) is 9.79. The molecule has 0 bridgehead atoms. The molecule has 0 aliphatic carbocycles. The smallest absolute Gasteiger partial charge is 0.409 e. The van der Waals surface area contributed by atoms with Crippen LogP contribution in [0.5, 0.6) is 5.75 Å². The van der Waals surface area contributed by atoms with E-state index in [-0.39, 0.29) is 57.8 Å². The molecule has 5 rings (SSSR count). The zero-order valence-corrected chi connectivity index (χ0v) is 30.8. The molecule has 5 amide bonds. The predicted molar refractivity (Wildman–Crippen MR) is 198 cm³/mol. The molecule has 0 spiro atoms. The highest BCUT2D eigenvalue weighted by Crippen LogP contribution is 2.33. The standard InChI is InChI=1S/C36H33Cl2F2N7O8/c1-44(34(51)29-18-36(39,40)20-46(29)31(48)19-42-32(49)24-12-13-41-27-7-4-3-6-23(24)27)14-5-15-45(2)35(52)55-30-11-8-21(37)16-25(30)33(50)43-28-10-9-22(47(53)54)17-26(28)38/h3-4,6-13,16-17,29H,5,14-15,18-20H2,1-2H3,(H,42,49)(H,43,50)/t29-/m1/s1. The van der Waals surface area contributed by atoms with E-state index < -0.39 is 66.1 Å². The Hall–Kier alpha value is -5.94. The van der Waals surface area contributed by atoms with Crippen LogP contribution in [-0.2, 0) is 9.59 Å². The molecule has 1 aromatic heterocycles. The van der Waals surface area contributed by atoms with Crippen molar-refractivity contribution in [3.05, 3.63) is 104 Å². The van der Waals surface area contributed by atoms with E-state index in [2.05, 4.69) is 15.6 Å². The highest BCUT2D eigenvalue weighted by molar-refractivity contribution is 6.34. The number of nitro benzene ring substituents is 1. The summed E-state index contributed by atoms with van der Waals surface area (Å²) in [4.78, 5) is 83.1. The summed E-state index contributed by atoms with van der Waals surface area (Å²) in [5.41, 5.74) is 0.426. The highest BCUT2D eigenvalue weighted by Gasteiger charge is 2.50. The molecule has 55 heavy (non-hydrogen) atoms. The molecular formula is C36H33Cl2F2N7O8. The maximum atomic E-state index is 14.6. The number of halogens is 4. The van der Waals surface area contributed by atoms with Crippen LogP contribution in [0.25, 0.3) is 10.9 Å². The van der Waals surface area contributed by atoms with Crippen molar-refractivity contribution in [2.45, 2.75) is 24.8 Å². The number of carbonyl (C=O) groups is 5. The van der Waals surface area contributed by atoms with Crippen LogP contribution in [0.3, 0.4) is 0 Å². The Morgan fingerprint density at radius 3 is 2.44 bits per heavy atom. The lowest BCUT2D eigenvalue weighted by Gasteiger charge is -2.28. The Morgan fingerprint density at radius 1 is 0.982 bits per heavy atom. The third-order valence-corrected chi connectivity index (χ3v) is 9.19. The number of ether oxygens (including phenoxy) is 1. The lowest BCUT2D eigenvalue weighted by molar-refractivity contribution is -0.384. The molecule has 0 radical (unpaired) electrons. The Morgan fingerprint density at radius 2 is 1.71 bits per heavy atom. The molecule has 1 fully saturated rings. The molecule has 0 unspecified atom stereocenters. The van der Waals surface area contributed by atoms with Crippen molar-refractivity contribution in [1.29, 1.82) is 0 Å². The molecule has 1 aliphatic rings. The van der Waals surface area contributed by atoms with Gasteiger partial charge in [-0.05, 0) is 42.8 Å². The van der Waals surface area contributed by atoms with E-state index in [0.29, 0.717) is 10.9 Å². The first kappa shape index (κ1) is 40.2. The number of nitrogens with zero attached hydrogens (tertiary/aromatic N) is 5. The fourth-order valence-corrected chi connectivity index (χ4v) is 6.19. The van der Waals surface area contributed by atoms with Gasteiger partial charge >= 0.3 is 6.09 Å². The van der Waals surface area contributed by atoms with Crippen LogP contribution in [-0.4, -0.2) is 107 Å². The molecule has 1 aliphatic heterocycles. The van der Waals surface area contributed by atoms with Crippen LogP contribution in [0.15, 0.2) is 72.9 Å². The number of aromatic nitrogens is 1. The number of nitro groups is 1. The molecule has 2 N–H and O–H groups in total. The second kappa shape index (κ2) is 17.0. The van der Waals surface area contributed by atoms with Crippen molar-refractivity contribution in [3.63, 3.8) is 0 Å². The summed E-state index contributed by atoms with van der Waals surface area (Å²) in [6.45, 7) is -1.57. The van der Waals surface area contributed by atoms with Crippen molar-refractivity contribution >= 4 is 75.2 Å². The summed E-state index contributed by atoms with van der Waals surface area (Å²) >= 11 is 12.2. The summed E-state index contributed by atoms with van der Waals surface area (Å²) < 4.78 is 34.6. The van der Waals surface area contributed by atoms with E-state index in [1.54, 1.807) is 24.3 Å². The van der Waals surface area contributed by atoms with Crippen LogP contribution in [0.2, 0.25) is 10.0 Å². The number of benzene rings is 3. The number of hydrogen-bond acceptors (Lipinski definition) is 9. The molecule has 2 heterocycles. The Kier molecular flexibility index (Phi) is 12.5. The average Bonchev–Trinajstić information content (AvgIpc) is 3.49. The van der Waals surface area contributed by atoms with Gasteiger partial charge in [0.1, 0.15) is 11.8 Å². The van der Waals surface area contributed by atoms with Gasteiger partial charge in [0.15, 0.2) is 0 Å². The number of likely N-dealkylation sites (tertiary alicyclic amines) is 1. The van der Waals surface area contributed by atoms with E-state index in [4.69, 9.17) is 27.9 Å². The van der Waals surface area contributed by atoms with Gasteiger partial charge in [0, 0.05) is 62.3 Å². The zero-order valence-electron chi connectivity index (χ0n) is 29.3. The fraction of sp³-hybridized carbons (Fsp3) is 0.278. The molecule has 4 aromatic rings. The number of hydrogen-bond donors (Lipinski definition) is 2. The number of anilines is 1. The molecular weight excluding hydrogens is 767 g/mol. The van der Waals surface area contributed by atoms with Crippen LogP contribution < -0.4 is 15.4 Å². The van der Waals surface area contributed by atoms with E-state index in [1.807, 2.05) is 0 Å². The van der Waals surface area contributed by atoms with Gasteiger partial charge in [0.2, 0.25) is 11.8 Å². The highest BCUT2D eigenvalue weighted by atomic mass is 35.5. The van der Waals surface area contributed by atoms with Gasteiger partial charge in [-0.2, -0.15) is 0 Å². The predicted octanol–water partition coefficient (Wildman–Crippen LogP) is 5.65. The zero-order chi connectivity index (χ0) is 40.0. The van der Waals surface area contributed by atoms with Crippen molar-refractivity contribution in [1.82, 2.24) is 25.0 Å². The van der Waals surface area contributed by atoms with Gasteiger partial charge < -0.3 is 30.1 Å². The average molecular weight is 801 g/mol. The molecule has 19 heteroatoms. The Bertz CT molecular complexity index is 2170. The number of nitrogens with one attached hydrogen (secondary N) is 2. The van der Waals surface area contributed by atoms with Gasteiger partial charge in [-0.25, -0.2) is 13.6 Å². The van der Waals surface area contributed by atoms with Crippen molar-refractivity contribution in [3.8, 4) is 5.75 Å². The van der Waals surface area contributed by atoms with Crippen molar-refractivity contribution in [2.24, 2.45) is 0 Å². The minimum Gasteiger partial charge on any atom is -0.409 e. The van der Waals surface area contributed by atoms with E-state index in [0.717, 1.165) is 21.9 Å². The summed E-state index contributed by atoms with van der Waals surface area (Å²) in [6, 6.07) is 14.2. The summed E-state index contributed by atoms with van der Waals surface area (Å²) in [7, 11) is 2.78. The number of fused-ring (bicyclic) bond motifs is 1. The fourth-order valence-electron chi connectivity index (χ4n) is 5.80. The quantitative estimate of drug-likeness (QED) is 0.135. The molecule has 3 aromatic carbocycles. The van der Waals surface area contributed by atoms with Crippen LogP contribution in [0, 0.1) is 10.1 Å². The number of rotatable bonds is 12. The molecule has 1 atom stereocenters. The van der Waals surface area contributed by atoms with E-state index in [1.165, 1.54) is 55.5 Å². The van der Waals surface area contributed by atoms with Gasteiger partial charge in [-0.1, -0.05) is 41.4 Å². The maximum Gasteiger partial charge on any atom is 0.414 e. The van der Waals surface area contributed by atoms with Gasteiger partial charge in [0.25, 0.3) is 23.4 Å². The molecule has 1 saturated heterocycles. The number of para-hydroxylation sites is 1. The number of amides is 5. The van der Waals surface area contributed by atoms with Gasteiger partial charge in [0.05, 0.1) is 45.4 Å². The number of pyridine rings is 1. The third-order valence-electron chi connectivity index (χ3n) is 8.64. The van der Waals surface area contributed by atoms with Crippen molar-refractivity contribution < 1.29 is 42.4 Å². The topological polar surface area (TPSA) is 184 Å². The second-order valence-corrected chi connectivity index (χ2v) is 13.4. The number of alkyl halides is 2. The summed E-state index contributed by atoms with van der Waals surface area (Å²) in [5.74, 6) is -6.49. The Balaban J connectivity index is 1.14. The first-order valence-corrected chi connectivity index (χ1v) is 17.3. The lowest BCUT2D eigenvalue weighted by atomic mass is 10.1. The molecule has 288 valence electrons. The maximum absolute atomic E-state index is 14.6. The first-order valence-electron chi connectivity index (χ1n) is 16.6. The summed E-state index contributed by atoms with van der Waals surface area (Å²) in [5, 5.41) is 16.5.